The van der Waals surface area contributed by atoms with Crippen LogP contribution in [-0.4, -0.2) is 51.0 Å². The average Bonchev–Trinajstić information content (AvgIpc) is 3.44. The lowest BCUT2D eigenvalue weighted by Crippen LogP contribution is -2.45. The average molecular weight is 388 g/mol. The Morgan fingerprint density at radius 2 is 2.32 bits per heavy atom. The number of aromatic nitrogens is 2. The quantitative estimate of drug-likeness (QED) is 0.273. The molecular formula is C20H28N4O4. The van der Waals surface area contributed by atoms with Gasteiger partial charge in [0.05, 0.1) is 24.4 Å². The van der Waals surface area contributed by atoms with Crippen LogP contribution in [0.15, 0.2) is 34.8 Å². The fourth-order valence-electron chi connectivity index (χ4n) is 3.30. The van der Waals surface area contributed by atoms with Crippen LogP contribution in [0.5, 0.6) is 0 Å². The van der Waals surface area contributed by atoms with Crippen LogP contribution in [0.4, 0.5) is 0 Å². The molecule has 3 rings (SSSR count). The second kappa shape index (κ2) is 8.81. The minimum atomic E-state index is -0.949. The molecule has 2 unspecified atom stereocenters. The summed E-state index contributed by atoms with van der Waals surface area (Å²) in [4.78, 5) is 17.5. The number of aliphatic hydroxyl groups is 2. The zero-order valence-corrected chi connectivity index (χ0v) is 16.1. The molecule has 0 saturated heterocycles. The number of nitrogens with zero attached hydrogens (tertiary/aromatic N) is 2. The third kappa shape index (κ3) is 4.95. The zero-order valence-electron chi connectivity index (χ0n) is 16.1. The lowest BCUT2D eigenvalue weighted by molar-refractivity contribution is 0.105. The van der Waals surface area contributed by atoms with Gasteiger partial charge in [0.2, 0.25) is 0 Å². The van der Waals surface area contributed by atoms with Crippen LogP contribution in [0.2, 0.25) is 0 Å². The van der Waals surface area contributed by atoms with E-state index >= 15 is 0 Å². The Balaban J connectivity index is 1.82. The van der Waals surface area contributed by atoms with E-state index in [2.05, 4.69) is 10.3 Å². The molecule has 1 heterocycles. The number of hydrogen-bond acceptors (Lipinski definition) is 7. The van der Waals surface area contributed by atoms with E-state index in [4.69, 9.17) is 10.1 Å². The predicted molar refractivity (Wildman–Crippen MR) is 106 cm³/mol. The highest BCUT2D eigenvalue weighted by Crippen LogP contribution is 2.33. The molecule has 1 fully saturated rings. The molecule has 0 spiro atoms. The third-order valence-electron chi connectivity index (χ3n) is 5.12. The van der Waals surface area contributed by atoms with E-state index in [0.29, 0.717) is 37.6 Å². The highest BCUT2D eigenvalue weighted by Gasteiger charge is 2.41. The van der Waals surface area contributed by atoms with Crippen molar-refractivity contribution in [2.24, 2.45) is 0 Å². The van der Waals surface area contributed by atoms with Gasteiger partial charge in [0, 0.05) is 31.2 Å². The maximum Gasteiger partial charge on any atom is 0.253 e. The van der Waals surface area contributed by atoms with Crippen LogP contribution >= 0.6 is 0 Å². The Hall–Kier alpha value is -2.29. The molecule has 8 nitrogen and oxygen atoms in total. The van der Waals surface area contributed by atoms with Crippen molar-refractivity contribution in [3.05, 3.63) is 51.9 Å². The van der Waals surface area contributed by atoms with Crippen LogP contribution < -0.4 is 10.9 Å². The van der Waals surface area contributed by atoms with Gasteiger partial charge in [0.15, 0.2) is 0 Å². The summed E-state index contributed by atoms with van der Waals surface area (Å²) in [6.07, 6.45) is 8.18. The lowest BCUT2D eigenvalue weighted by Gasteiger charge is -2.22. The molecule has 2 atom stereocenters. The normalized spacial score (nSPS) is 21.2. The second-order valence-corrected chi connectivity index (χ2v) is 7.28. The van der Waals surface area contributed by atoms with E-state index in [1.165, 1.54) is 16.8 Å². The van der Waals surface area contributed by atoms with Gasteiger partial charge >= 0.3 is 0 Å². The van der Waals surface area contributed by atoms with Crippen molar-refractivity contribution < 1.29 is 14.9 Å². The fraction of sp³-hybridized carbons (Fsp3) is 0.550. The SMILES string of the molecule is CCOCCc1nc(C2C=CC(O)=CC2)cc(=O)n1CC(O)NC1(C=N)CC1. The topological polar surface area (TPSA) is 120 Å². The number of aliphatic hydroxyl groups excluding tert-OH is 2. The number of allylic oxidation sites excluding steroid dienone is 3. The number of ether oxygens (including phenoxy) is 1. The van der Waals surface area contributed by atoms with Crippen LogP contribution in [0.25, 0.3) is 0 Å². The lowest BCUT2D eigenvalue weighted by atomic mass is 9.96. The summed E-state index contributed by atoms with van der Waals surface area (Å²) in [5.41, 5.74) is -0.0269. The van der Waals surface area contributed by atoms with Crippen molar-refractivity contribution >= 4 is 6.21 Å². The van der Waals surface area contributed by atoms with E-state index < -0.39 is 11.8 Å². The number of nitrogens with one attached hydrogen (secondary N) is 2. The first-order chi connectivity index (χ1) is 13.5. The van der Waals surface area contributed by atoms with E-state index in [9.17, 15) is 15.0 Å². The molecular weight excluding hydrogens is 360 g/mol. The second-order valence-electron chi connectivity index (χ2n) is 7.28. The van der Waals surface area contributed by atoms with Crippen LogP contribution in [-0.2, 0) is 17.7 Å². The van der Waals surface area contributed by atoms with Crippen LogP contribution in [0, 0.1) is 5.41 Å². The monoisotopic (exact) mass is 388 g/mol. The van der Waals surface area contributed by atoms with Crippen molar-refractivity contribution in [1.29, 1.82) is 5.41 Å². The predicted octanol–water partition coefficient (Wildman–Crippen LogP) is 1.40. The number of rotatable bonds is 10. The highest BCUT2D eigenvalue weighted by atomic mass is 16.5. The first-order valence-corrected chi connectivity index (χ1v) is 9.69. The van der Waals surface area contributed by atoms with E-state index in [0.717, 1.165) is 12.8 Å². The van der Waals surface area contributed by atoms with Gasteiger partial charge in [0.1, 0.15) is 17.8 Å². The molecule has 2 aliphatic carbocycles. The Bertz CT molecular complexity index is 826. The van der Waals surface area contributed by atoms with E-state index in [1.54, 1.807) is 12.2 Å². The van der Waals surface area contributed by atoms with Gasteiger partial charge in [-0.1, -0.05) is 6.08 Å². The first-order valence-electron chi connectivity index (χ1n) is 9.69. The summed E-state index contributed by atoms with van der Waals surface area (Å²) in [7, 11) is 0. The Morgan fingerprint density at radius 3 is 2.93 bits per heavy atom. The van der Waals surface area contributed by atoms with Gasteiger partial charge in [-0.2, -0.15) is 0 Å². The summed E-state index contributed by atoms with van der Waals surface area (Å²) >= 11 is 0. The van der Waals surface area contributed by atoms with Crippen molar-refractivity contribution in [3.63, 3.8) is 0 Å². The summed E-state index contributed by atoms with van der Waals surface area (Å²) in [6.45, 7) is 2.97. The van der Waals surface area contributed by atoms with Crippen molar-refractivity contribution in [2.45, 2.75) is 56.8 Å². The molecule has 0 aliphatic heterocycles. The smallest absolute Gasteiger partial charge is 0.253 e. The van der Waals surface area contributed by atoms with Gasteiger partial charge < -0.3 is 20.4 Å². The standard InChI is InChI=1S/C20H28N4O4/c1-2-28-10-7-17-22-16(14-3-5-15(25)6-4-14)11-19(27)24(17)12-18(26)23-20(13-21)8-9-20/h3,5-6,11,13-14,18,21,23,25-26H,2,4,7-10,12H2,1H3. The van der Waals surface area contributed by atoms with Crippen molar-refractivity contribution in [1.82, 2.24) is 14.9 Å². The van der Waals surface area contributed by atoms with Crippen molar-refractivity contribution in [2.75, 3.05) is 13.2 Å². The minimum absolute atomic E-state index is 0.0599. The molecule has 1 aromatic heterocycles. The third-order valence-corrected chi connectivity index (χ3v) is 5.12. The van der Waals surface area contributed by atoms with Gasteiger partial charge in [-0.15, -0.1) is 0 Å². The van der Waals surface area contributed by atoms with Gasteiger partial charge in [-0.25, -0.2) is 4.98 Å². The first kappa shape index (κ1) is 20.4. The molecule has 152 valence electrons. The molecule has 0 bridgehead atoms. The highest BCUT2D eigenvalue weighted by molar-refractivity contribution is 5.71. The molecule has 1 saturated carbocycles. The van der Waals surface area contributed by atoms with Gasteiger partial charge in [-0.05, 0) is 38.3 Å². The van der Waals surface area contributed by atoms with E-state index in [-0.39, 0.29) is 23.8 Å². The molecule has 28 heavy (non-hydrogen) atoms. The molecule has 1 aromatic rings. The Kier molecular flexibility index (Phi) is 6.43. The zero-order chi connectivity index (χ0) is 20.1. The van der Waals surface area contributed by atoms with Crippen LogP contribution in [0.1, 0.15) is 43.6 Å². The minimum Gasteiger partial charge on any atom is -0.508 e. The van der Waals surface area contributed by atoms with E-state index in [1.807, 2.05) is 13.0 Å². The van der Waals surface area contributed by atoms with Crippen LogP contribution in [0.3, 0.4) is 0 Å². The summed E-state index contributed by atoms with van der Waals surface area (Å²) in [5, 5.41) is 30.4. The Morgan fingerprint density at radius 1 is 1.54 bits per heavy atom. The summed E-state index contributed by atoms with van der Waals surface area (Å²) in [6, 6.07) is 1.49. The molecule has 0 aromatic carbocycles. The summed E-state index contributed by atoms with van der Waals surface area (Å²) in [5.74, 6) is 0.707. The maximum atomic E-state index is 12.8. The molecule has 8 heteroatoms. The molecule has 0 amide bonds. The largest absolute Gasteiger partial charge is 0.508 e. The molecule has 0 radical (unpaired) electrons. The fourth-order valence-corrected chi connectivity index (χ4v) is 3.30. The van der Waals surface area contributed by atoms with Crippen molar-refractivity contribution in [3.8, 4) is 0 Å². The van der Waals surface area contributed by atoms with Gasteiger partial charge in [0.25, 0.3) is 5.56 Å². The maximum absolute atomic E-state index is 12.8. The molecule has 2 aliphatic rings. The Labute approximate surface area is 164 Å². The van der Waals surface area contributed by atoms with Gasteiger partial charge in [-0.3, -0.25) is 14.7 Å². The molecule has 4 N–H and O–H groups in total. The number of hydrogen-bond donors (Lipinski definition) is 4. The summed E-state index contributed by atoms with van der Waals surface area (Å²) < 4.78 is 6.90.